The van der Waals surface area contributed by atoms with Crippen molar-refractivity contribution >= 4 is 17.7 Å². The lowest BCUT2D eigenvalue weighted by atomic mass is 9.87. The highest BCUT2D eigenvalue weighted by Gasteiger charge is 2.30. The van der Waals surface area contributed by atoms with Crippen LogP contribution < -0.4 is 15.8 Å². The zero-order valence-corrected chi connectivity index (χ0v) is 10.9. The normalized spacial score (nSPS) is 24.4. The van der Waals surface area contributed by atoms with Gasteiger partial charge in [0.2, 0.25) is 0 Å². The van der Waals surface area contributed by atoms with Gasteiger partial charge in [-0.1, -0.05) is 42.5 Å². The van der Waals surface area contributed by atoms with Gasteiger partial charge in [0.1, 0.15) is 0 Å². The van der Waals surface area contributed by atoms with Crippen molar-refractivity contribution in [3.05, 3.63) is 46.9 Å². The van der Waals surface area contributed by atoms with Crippen LogP contribution >= 0.6 is 0 Å². The first-order valence-corrected chi connectivity index (χ1v) is 6.59. The minimum atomic E-state index is -0.124. The average molecular weight is 255 g/mol. The highest BCUT2D eigenvalue weighted by molar-refractivity contribution is 5.74. The van der Waals surface area contributed by atoms with E-state index in [1.807, 2.05) is 6.07 Å². The van der Waals surface area contributed by atoms with E-state index in [9.17, 15) is 4.79 Å². The number of fused-ring (bicyclic) bond motifs is 2. The molecule has 2 atom stereocenters. The molecule has 0 saturated carbocycles. The van der Waals surface area contributed by atoms with Gasteiger partial charge in [0.05, 0.1) is 13.0 Å². The van der Waals surface area contributed by atoms with Gasteiger partial charge in [0, 0.05) is 23.4 Å². The summed E-state index contributed by atoms with van der Waals surface area (Å²) < 4.78 is 4.85. The molecule has 1 aliphatic carbocycles. The van der Waals surface area contributed by atoms with Crippen LogP contribution in [0.5, 0.6) is 0 Å². The number of esters is 1. The molecule has 0 spiro atoms. The van der Waals surface area contributed by atoms with Crippen LogP contribution in [0.1, 0.15) is 6.42 Å². The number of allylic oxidation sites excluding steroid dienone is 1. The number of methoxy groups -OCH3 is 1. The Morgan fingerprint density at radius 1 is 1.37 bits per heavy atom. The number of carbonyl (C=O) groups is 1. The van der Waals surface area contributed by atoms with Crippen LogP contribution in [0, 0.1) is 11.8 Å². The Kier molecular flexibility index (Phi) is 3.11. The highest BCUT2D eigenvalue weighted by atomic mass is 16.5. The number of benzene rings is 1. The third-order valence-corrected chi connectivity index (χ3v) is 3.85. The van der Waals surface area contributed by atoms with Crippen LogP contribution in [0.4, 0.5) is 0 Å². The fourth-order valence-electron chi connectivity index (χ4n) is 2.87. The number of ether oxygens (including phenoxy) is 1. The molecule has 1 N–H and O–H groups in total. The van der Waals surface area contributed by atoms with E-state index >= 15 is 0 Å². The third kappa shape index (κ3) is 2.16. The number of hydrogen-bond acceptors (Lipinski definition) is 3. The summed E-state index contributed by atoms with van der Waals surface area (Å²) in [5, 5.41) is 5.89. The predicted octanol–water partition coefficient (Wildman–Crippen LogP) is 0.544. The van der Waals surface area contributed by atoms with Crippen molar-refractivity contribution in [2.24, 2.45) is 11.8 Å². The van der Waals surface area contributed by atoms with Crippen molar-refractivity contribution in [3.8, 4) is 0 Å². The lowest BCUT2D eigenvalue weighted by Crippen LogP contribution is -2.42. The molecule has 19 heavy (non-hydrogen) atoms. The van der Waals surface area contributed by atoms with Gasteiger partial charge in [-0.3, -0.25) is 4.79 Å². The molecule has 3 heteroatoms. The average Bonchev–Trinajstić information content (AvgIpc) is 2.65. The number of piperidine rings is 1. The van der Waals surface area contributed by atoms with Crippen LogP contribution in [0.2, 0.25) is 0 Å². The first-order chi connectivity index (χ1) is 9.29. The van der Waals surface area contributed by atoms with Crippen molar-refractivity contribution in [1.82, 2.24) is 5.32 Å². The number of nitrogens with one attached hydrogen (secondary N) is 1. The Morgan fingerprint density at radius 2 is 2.21 bits per heavy atom. The molecule has 0 bridgehead atoms. The second-order valence-corrected chi connectivity index (χ2v) is 5.00. The molecule has 1 aromatic rings. The fraction of sp³-hybridized carbons (Fsp3) is 0.312. The molecule has 3 rings (SSSR count). The van der Waals surface area contributed by atoms with Gasteiger partial charge >= 0.3 is 5.97 Å². The second-order valence-electron chi connectivity index (χ2n) is 5.00. The summed E-state index contributed by atoms with van der Waals surface area (Å²) in [7, 11) is 1.45. The molecule has 0 radical (unpaired) electrons. The summed E-state index contributed by atoms with van der Waals surface area (Å²) >= 11 is 0. The molecule has 1 fully saturated rings. The zero-order chi connectivity index (χ0) is 13.2. The maximum absolute atomic E-state index is 11.7. The maximum Gasteiger partial charge on any atom is 0.310 e. The smallest absolute Gasteiger partial charge is 0.310 e. The predicted molar refractivity (Wildman–Crippen MR) is 74.3 cm³/mol. The van der Waals surface area contributed by atoms with Crippen LogP contribution in [0.15, 0.2) is 36.4 Å². The highest BCUT2D eigenvalue weighted by Crippen LogP contribution is 2.26. The Labute approximate surface area is 112 Å². The number of carbonyl (C=O) groups excluding carboxylic acids is 1. The van der Waals surface area contributed by atoms with Crippen LogP contribution in [0.3, 0.4) is 0 Å². The minimum Gasteiger partial charge on any atom is -0.469 e. The first-order valence-electron chi connectivity index (χ1n) is 6.59. The molecule has 0 amide bonds. The van der Waals surface area contributed by atoms with E-state index in [2.05, 4.69) is 41.7 Å². The molecule has 1 saturated heterocycles. The molecule has 2 aliphatic rings. The SMILES string of the molecule is COC(=O)C1CNC2=c3ccccc3=CC=CC2C1. The first kappa shape index (κ1) is 12.0. The Bertz CT molecular complexity index is 645. The number of rotatable bonds is 1. The lowest BCUT2D eigenvalue weighted by Gasteiger charge is -2.29. The second kappa shape index (κ2) is 4.92. The fourth-order valence-corrected chi connectivity index (χ4v) is 2.87. The van der Waals surface area contributed by atoms with Crippen molar-refractivity contribution in [2.75, 3.05) is 13.7 Å². The quantitative estimate of drug-likeness (QED) is 0.745. The molecule has 0 aromatic heterocycles. The summed E-state index contributed by atoms with van der Waals surface area (Å²) in [5.74, 6) is 0.0767. The van der Waals surface area contributed by atoms with Gasteiger partial charge in [-0.15, -0.1) is 0 Å². The van der Waals surface area contributed by atoms with E-state index in [0.717, 1.165) is 6.42 Å². The molecule has 98 valence electrons. The van der Waals surface area contributed by atoms with E-state index in [0.29, 0.717) is 6.54 Å². The molecule has 1 heterocycles. The van der Waals surface area contributed by atoms with Crippen molar-refractivity contribution in [2.45, 2.75) is 6.42 Å². The molecule has 3 nitrogen and oxygen atoms in total. The van der Waals surface area contributed by atoms with Crippen LogP contribution in [0.25, 0.3) is 11.8 Å². The third-order valence-electron chi connectivity index (χ3n) is 3.85. The standard InChI is InChI=1S/C16H17NO2/c1-19-16(18)13-9-12-7-4-6-11-5-2-3-8-14(11)15(12)17-10-13/h2-8,12-13,17H,9-10H2,1H3. The molecule has 2 unspecified atom stereocenters. The molecular weight excluding hydrogens is 238 g/mol. The Morgan fingerprint density at radius 3 is 3.05 bits per heavy atom. The van der Waals surface area contributed by atoms with Gasteiger partial charge in [-0.05, 0) is 11.6 Å². The van der Waals surface area contributed by atoms with E-state index in [-0.39, 0.29) is 17.8 Å². The largest absolute Gasteiger partial charge is 0.469 e. The van der Waals surface area contributed by atoms with Gasteiger partial charge in [0.25, 0.3) is 0 Å². The molecule has 1 aromatic carbocycles. The van der Waals surface area contributed by atoms with Gasteiger partial charge in [-0.2, -0.15) is 0 Å². The Hall–Kier alpha value is -2.03. The van der Waals surface area contributed by atoms with E-state index in [4.69, 9.17) is 4.74 Å². The molecule has 1 aliphatic heterocycles. The summed E-state index contributed by atoms with van der Waals surface area (Å²) in [4.78, 5) is 11.7. The summed E-state index contributed by atoms with van der Waals surface area (Å²) in [6, 6.07) is 8.34. The molecular formula is C16H17NO2. The van der Waals surface area contributed by atoms with Gasteiger partial charge in [-0.25, -0.2) is 0 Å². The van der Waals surface area contributed by atoms with Crippen molar-refractivity contribution in [1.29, 1.82) is 0 Å². The van der Waals surface area contributed by atoms with Crippen LogP contribution in [-0.4, -0.2) is 19.6 Å². The lowest BCUT2D eigenvalue weighted by molar-refractivity contribution is -0.145. The minimum absolute atomic E-state index is 0.0614. The topological polar surface area (TPSA) is 38.3 Å². The number of hydrogen-bond donors (Lipinski definition) is 1. The monoisotopic (exact) mass is 255 g/mol. The summed E-state index contributed by atoms with van der Waals surface area (Å²) in [5.41, 5.74) is 1.22. The van der Waals surface area contributed by atoms with Crippen LogP contribution in [-0.2, 0) is 9.53 Å². The zero-order valence-electron chi connectivity index (χ0n) is 10.9. The summed E-state index contributed by atoms with van der Waals surface area (Å²) in [6.07, 6.45) is 7.18. The Balaban J connectivity index is 2.02. The summed E-state index contributed by atoms with van der Waals surface area (Å²) in [6.45, 7) is 0.653. The van der Waals surface area contributed by atoms with E-state index in [1.165, 1.54) is 23.2 Å². The van der Waals surface area contributed by atoms with E-state index < -0.39 is 0 Å². The van der Waals surface area contributed by atoms with Crippen molar-refractivity contribution < 1.29 is 9.53 Å². The van der Waals surface area contributed by atoms with Gasteiger partial charge in [0.15, 0.2) is 0 Å². The maximum atomic E-state index is 11.7. The van der Waals surface area contributed by atoms with Gasteiger partial charge < -0.3 is 10.1 Å². The van der Waals surface area contributed by atoms with E-state index in [1.54, 1.807) is 0 Å². The van der Waals surface area contributed by atoms with Crippen molar-refractivity contribution in [3.63, 3.8) is 0 Å².